The maximum atomic E-state index is 15.2. The van der Waals surface area contributed by atoms with E-state index >= 15 is 19.2 Å². The molecule has 0 spiro atoms. The number of rotatable bonds is 27. The first-order valence-corrected chi connectivity index (χ1v) is 43.3. The second-order valence-electron chi connectivity index (χ2n) is 30.5. The van der Waals surface area contributed by atoms with E-state index in [9.17, 15) is 63.0 Å². The van der Waals surface area contributed by atoms with Gasteiger partial charge in [-0.2, -0.15) is 11.8 Å². The van der Waals surface area contributed by atoms with Gasteiger partial charge in [0.25, 0.3) is 0 Å². The number of carbonyl (C=O) groups excluding carboxylic acids is 14. The average Bonchev–Trinajstić information content (AvgIpc) is 1.59. The zero-order valence-corrected chi connectivity index (χ0v) is 70.9. The van der Waals surface area contributed by atoms with Gasteiger partial charge in [-0.15, -0.1) is 11.8 Å². The summed E-state index contributed by atoms with van der Waals surface area (Å²) in [5.41, 5.74) is 20.3. The number of carboxylic acids is 1. The van der Waals surface area contributed by atoms with Gasteiger partial charge in [0, 0.05) is 65.8 Å². The molecule has 122 heavy (non-hydrogen) atoms. The van der Waals surface area contributed by atoms with Crippen LogP contribution in [-0.2, 0) is 91.2 Å². The van der Waals surface area contributed by atoms with Gasteiger partial charge in [0.2, 0.25) is 82.7 Å². The molecular weight excluding hydrogens is 1610 g/mol. The van der Waals surface area contributed by atoms with E-state index < -0.39 is 204 Å². The molecule has 0 aliphatic carbocycles. The van der Waals surface area contributed by atoms with E-state index in [1.54, 1.807) is 101 Å². The molecule has 0 radical (unpaired) electrons. The molecule has 1 saturated heterocycles. The standard InChI is InChI=1S/C83H116N20O17S2/c1-7-9-23-57-74(112)94-58(26-16-17-31-84)75(113)97-62(37-51-40-90-55-25-15-13-22-53(51)55)80(118)102-69(45(3)4)81(119)101-65(71(85)109)43-122-44-67(106)93-59(30-33-121-6)76(114)96-60(35-47-28-29-48-19-10-11-20-49(48)34-47)79(117)103-70(46(5)8-2)82(120)100-64(42-104)72(110)91-41-66(105)92-56(27-18-32-88-83(86)87)73(111)99-63(38-68(107)108)78(116)98-61(77(115)95-57)36-50-39-89-54-24-14-12-21-52(50)54/h10-15,19-22,24-25,28-29,34,39-40,45-46,56-65,69-70,89-90,104H,7-9,16-18,23,26-27,30-33,35-38,41-44,84H2,1-6H3,(H2,85,109)(H,91,110)(H,92,105)(H,93,106)(H,94,112)(H,95,115)(H,96,114)(H,97,113)(H,98,116)(H,99,111)(H,100,120)(H,101,119)(H,102,118)(H,103,117)(H,107,108)(H4,86,87,88)/t46-,56-,57-,58-,59-,60-,61-,62-,63-,64-,65-,69-,70-/m0/s1. The third kappa shape index (κ3) is 30.1. The van der Waals surface area contributed by atoms with E-state index in [4.69, 9.17) is 22.6 Å². The van der Waals surface area contributed by atoms with Crippen LogP contribution in [0.25, 0.3) is 32.6 Å². The van der Waals surface area contributed by atoms with Crippen molar-refractivity contribution in [3.05, 3.63) is 120 Å². The minimum atomic E-state index is -2.00. The summed E-state index contributed by atoms with van der Waals surface area (Å²) in [4.78, 5) is 223. The number of primary amides is 1. The predicted octanol–water partition coefficient (Wildman–Crippen LogP) is -0.499. The van der Waals surface area contributed by atoms with Gasteiger partial charge in [-0.3, -0.25) is 77.3 Å². The highest BCUT2D eigenvalue weighted by Gasteiger charge is 2.39. The Balaban J connectivity index is 1.27. The molecule has 25 N–H and O–H groups in total. The Morgan fingerprint density at radius 2 is 1.00 bits per heavy atom. The molecule has 7 rings (SSSR count). The van der Waals surface area contributed by atoms with E-state index in [2.05, 4.69) is 84.4 Å². The number of aliphatic hydroxyl groups is 1. The van der Waals surface area contributed by atoms with Crippen LogP contribution in [0.5, 0.6) is 0 Å². The number of guanidine groups is 1. The van der Waals surface area contributed by atoms with E-state index in [0.29, 0.717) is 63.5 Å². The summed E-state index contributed by atoms with van der Waals surface area (Å²) in [7, 11) is 0. The summed E-state index contributed by atoms with van der Waals surface area (Å²) in [5, 5.41) is 68.2. The number of nitrogens with one attached hydrogen (secondary N) is 17. The number of benzene rings is 4. The Kier molecular flexibility index (Phi) is 39.2. The average molecular weight is 1730 g/mol. The van der Waals surface area contributed by atoms with Crippen LogP contribution in [-0.4, -0.2) is 237 Å². The summed E-state index contributed by atoms with van der Waals surface area (Å²) < 4.78 is 0. The predicted molar refractivity (Wildman–Crippen MR) is 463 cm³/mol. The molecule has 0 saturated carbocycles. The number of carboxylic acid groups (broad SMARTS) is 1. The van der Waals surface area contributed by atoms with Crippen LogP contribution in [0.15, 0.2) is 103 Å². The number of carbonyl (C=O) groups is 15. The first kappa shape index (κ1) is 97.3. The number of aliphatic hydroxyl groups excluding tert-OH is 1. The fraction of sp³-hybridized carbons (Fsp3) is 0.494. The Bertz CT molecular complexity index is 4660. The van der Waals surface area contributed by atoms with Crippen molar-refractivity contribution >= 4 is 151 Å². The van der Waals surface area contributed by atoms with Crippen LogP contribution in [0, 0.1) is 17.2 Å². The maximum Gasteiger partial charge on any atom is 0.305 e. The van der Waals surface area contributed by atoms with Crippen molar-refractivity contribution < 1.29 is 82.1 Å². The molecule has 2 aromatic heterocycles. The molecule has 39 heteroatoms. The number of nitrogens with two attached hydrogens (primary N) is 3. The summed E-state index contributed by atoms with van der Waals surface area (Å²) in [6.45, 7) is 6.54. The summed E-state index contributed by atoms with van der Waals surface area (Å²) in [6, 6.07) is 8.33. The molecule has 0 bridgehead atoms. The van der Waals surface area contributed by atoms with Gasteiger partial charge >= 0.3 is 5.97 Å². The monoisotopic (exact) mass is 1730 g/mol. The van der Waals surface area contributed by atoms with Crippen molar-refractivity contribution in [1.82, 2.24) is 84.4 Å². The summed E-state index contributed by atoms with van der Waals surface area (Å²) >= 11 is 2.23. The minimum absolute atomic E-state index is 0.0101. The number of aromatic nitrogens is 2. The quantitative estimate of drug-likeness (QED) is 0.0176. The number of unbranched alkanes of at least 4 members (excludes halogenated alkanes) is 2. The Labute approximate surface area is 714 Å². The molecule has 14 amide bonds. The lowest BCUT2D eigenvalue weighted by Crippen LogP contribution is -2.61. The van der Waals surface area contributed by atoms with Gasteiger partial charge in [-0.05, 0) is 115 Å². The first-order valence-electron chi connectivity index (χ1n) is 40.8. The number of amides is 14. The molecule has 13 atom stereocenters. The lowest BCUT2D eigenvalue weighted by atomic mass is 9.96. The van der Waals surface area contributed by atoms with Gasteiger partial charge in [0.15, 0.2) is 5.96 Å². The molecule has 662 valence electrons. The molecular formula is C83H116N20O17S2. The lowest BCUT2D eigenvalue weighted by molar-refractivity contribution is -0.141. The summed E-state index contributed by atoms with van der Waals surface area (Å²) in [5.74, 6) is -17.2. The number of aliphatic carboxylic acids is 1. The van der Waals surface area contributed by atoms with Crippen LogP contribution in [0.3, 0.4) is 0 Å². The van der Waals surface area contributed by atoms with Crippen molar-refractivity contribution in [2.24, 2.45) is 29.0 Å². The number of para-hydroxylation sites is 2. The van der Waals surface area contributed by atoms with E-state index in [1.807, 2.05) is 43.3 Å². The highest BCUT2D eigenvalue weighted by atomic mass is 32.2. The number of fused-ring (bicyclic) bond motifs is 3. The van der Waals surface area contributed by atoms with Crippen molar-refractivity contribution in [2.45, 2.75) is 197 Å². The van der Waals surface area contributed by atoms with Crippen LogP contribution in [0.2, 0.25) is 0 Å². The topological polar surface area (TPSA) is 598 Å². The summed E-state index contributed by atoms with van der Waals surface area (Å²) in [6.07, 6.45) is 4.53. The smallest absolute Gasteiger partial charge is 0.305 e. The van der Waals surface area contributed by atoms with E-state index in [1.165, 1.54) is 11.8 Å². The number of H-pyrrole nitrogens is 2. The van der Waals surface area contributed by atoms with Crippen molar-refractivity contribution in [1.29, 1.82) is 5.41 Å². The number of hydrogen-bond acceptors (Lipinski definition) is 20. The van der Waals surface area contributed by atoms with Gasteiger partial charge in [0.1, 0.15) is 72.5 Å². The number of hydrogen-bond donors (Lipinski definition) is 22. The molecule has 1 aliphatic rings. The fourth-order valence-corrected chi connectivity index (χ4v) is 15.1. The Hall–Kier alpha value is -11.8. The fourth-order valence-electron chi connectivity index (χ4n) is 13.7. The van der Waals surface area contributed by atoms with Crippen LogP contribution in [0.4, 0.5) is 0 Å². The zero-order valence-electron chi connectivity index (χ0n) is 69.3. The van der Waals surface area contributed by atoms with Crippen molar-refractivity contribution in [3.8, 4) is 0 Å². The zero-order chi connectivity index (χ0) is 89.1. The van der Waals surface area contributed by atoms with Gasteiger partial charge < -0.3 is 112 Å². The molecule has 4 aromatic carbocycles. The number of aromatic amines is 2. The minimum Gasteiger partial charge on any atom is -0.481 e. The first-order chi connectivity index (χ1) is 58.3. The maximum absolute atomic E-state index is 15.2. The van der Waals surface area contributed by atoms with E-state index in [0.717, 1.165) is 22.5 Å². The van der Waals surface area contributed by atoms with E-state index in [-0.39, 0.29) is 83.1 Å². The van der Waals surface area contributed by atoms with Crippen molar-refractivity contribution in [3.63, 3.8) is 0 Å². The largest absolute Gasteiger partial charge is 0.481 e. The van der Waals surface area contributed by atoms with Gasteiger partial charge in [-0.25, -0.2) is 0 Å². The molecule has 6 aromatic rings. The van der Waals surface area contributed by atoms with Crippen LogP contribution in [0.1, 0.15) is 122 Å². The Morgan fingerprint density at radius 3 is 1.54 bits per heavy atom. The third-order valence-corrected chi connectivity index (χ3v) is 22.5. The Morgan fingerprint density at radius 1 is 0.525 bits per heavy atom. The normalized spacial score (nSPS) is 23.1. The van der Waals surface area contributed by atoms with Gasteiger partial charge in [0.05, 0.1) is 25.3 Å². The van der Waals surface area contributed by atoms with Crippen LogP contribution < -0.4 is 91.6 Å². The highest BCUT2D eigenvalue weighted by molar-refractivity contribution is 8.00. The molecule has 1 aliphatic heterocycles. The SMILES string of the molecule is CCCC[C@@H]1NC(=O)[C@H](Cc2c[nH]c3ccccc23)NC(=O)[C@H](CC(=O)O)NC(=O)[C@H](CCCNC(=N)N)NC(=O)CNC(=O)[C@H](CO)NC(=O)[C@H]([C@@H](C)CC)NC(=O)[C@H](Cc2ccc3ccccc3c2)NC(=O)[C@H](CCSC)NC(=O)CSC[C@@H](C(N)=O)NC(=O)[C@H](C(C)C)NC(=O)[C@H](Cc2c[nH]c3ccccc23)NC(=O)[C@H](CCCCN)NC1=O. The molecule has 3 heterocycles. The molecule has 37 nitrogen and oxygen atoms in total. The second-order valence-corrected chi connectivity index (χ2v) is 32.5. The number of thioether (sulfide) groups is 2. The molecule has 1 fully saturated rings. The van der Waals surface area contributed by atoms with Crippen LogP contribution >= 0.6 is 23.5 Å². The lowest BCUT2D eigenvalue weighted by Gasteiger charge is -2.29. The highest BCUT2D eigenvalue weighted by Crippen LogP contribution is 2.24. The van der Waals surface area contributed by atoms with Gasteiger partial charge in [-0.1, -0.05) is 133 Å². The van der Waals surface area contributed by atoms with Crippen molar-refractivity contribution in [2.75, 3.05) is 49.8 Å². The second kappa shape index (κ2) is 49.2. The third-order valence-electron chi connectivity index (χ3n) is 20.8. The molecule has 0 unspecified atom stereocenters.